The summed E-state index contributed by atoms with van der Waals surface area (Å²) in [6.07, 6.45) is 2.24. The van der Waals surface area contributed by atoms with Crippen LogP contribution in [0.1, 0.15) is 24.5 Å². The number of rotatable bonds is 4. The fraction of sp³-hybridized carbons (Fsp3) is 0.167. The van der Waals surface area contributed by atoms with Crippen molar-refractivity contribution in [2.45, 2.75) is 13.3 Å². The third-order valence-corrected chi connectivity index (χ3v) is 3.92. The number of fused-ring (bicyclic) bond motifs is 1. The lowest BCUT2D eigenvalue weighted by Gasteiger charge is -2.14. The molecule has 0 aromatic heterocycles. The van der Waals surface area contributed by atoms with Crippen LogP contribution in [0.25, 0.3) is 0 Å². The van der Waals surface area contributed by atoms with Gasteiger partial charge in [0.25, 0.3) is 5.91 Å². The highest BCUT2D eigenvalue weighted by Gasteiger charge is 2.33. The summed E-state index contributed by atoms with van der Waals surface area (Å²) in [5.41, 5.74) is 2.36. The Morgan fingerprint density at radius 1 is 1.25 bits per heavy atom. The minimum atomic E-state index is -0.162. The molecule has 1 N–H and O–H groups in total. The molecule has 0 fully saturated rings. The van der Waals surface area contributed by atoms with Gasteiger partial charge < -0.3 is 10.0 Å². The van der Waals surface area contributed by atoms with Gasteiger partial charge in [-0.2, -0.15) is 5.10 Å². The Bertz CT molecular complexity index is 846. The van der Waals surface area contributed by atoms with Gasteiger partial charge in [0.15, 0.2) is 5.71 Å². The fourth-order valence-electron chi connectivity index (χ4n) is 2.58. The Morgan fingerprint density at radius 3 is 2.83 bits per heavy atom. The summed E-state index contributed by atoms with van der Waals surface area (Å²) in [6, 6.07) is 12.2. The first-order chi connectivity index (χ1) is 11.6. The molecule has 0 spiro atoms. The van der Waals surface area contributed by atoms with Crippen LogP contribution in [-0.2, 0) is 4.79 Å². The van der Waals surface area contributed by atoms with Gasteiger partial charge in [-0.25, -0.2) is 0 Å². The summed E-state index contributed by atoms with van der Waals surface area (Å²) in [5, 5.41) is 18.3. The van der Waals surface area contributed by atoms with Gasteiger partial charge in [-0.05, 0) is 30.7 Å². The minimum absolute atomic E-state index is 0.0501. The van der Waals surface area contributed by atoms with E-state index in [0.29, 0.717) is 22.8 Å². The molecule has 0 unspecified atom stereocenters. The topological polar surface area (TPSA) is 65.3 Å². The van der Waals surface area contributed by atoms with Crippen LogP contribution in [0.3, 0.4) is 0 Å². The van der Waals surface area contributed by atoms with E-state index >= 15 is 0 Å². The molecule has 0 aliphatic carbocycles. The van der Waals surface area contributed by atoms with E-state index < -0.39 is 0 Å². The smallest absolute Gasteiger partial charge is 0.279 e. The predicted octanol–water partition coefficient (Wildman–Crippen LogP) is 3.63. The molecule has 0 atom stereocenters. The lowest BCUT2D eigenvalue weighted by Crippen LogP contribution is -2.30. The summed E-state index contributed by atoms with van der Waals surface area (Å²) in [6.45, 7) is 2.65. The van der Waals surface area contributed by atoms with Crippen molar-refractivity contribution in [2.24, 2.45) is 10.2 Å². The highest BCUT2D eigenvalue weighted by Crippen LogP contribution is 2.29. The number of nitrogens with zero attached hydrogens (tertiary/aromatic N) is 3. The second-order valence-electron chi connectivity index (χ2n) is 5.37. The Balaban J connectivity index is 1.94. The maximum Gasteiger partial charge on any atom is 0.279 e. The maximum atomic E-state index is 12.6. The van der Waals surface area contributed by atoms with Crippen molar-refractivity contribution in [3.05, 3.63) is 58.6 Å². The maximum absolute atomic E-state index is 12.6. The SMILES string of the molecule is CCCN1C(=O)/C(=N/N=C/c2cc(Cl)ccc2O)c2ccccc21. The van der Waals surface area contributed by atoms with E-state index in [2.05, 4.69) is 10.2 Å². The molecule has 122 valence electrons. The lowest BCUT2D eigenvalue weighted by atomic mass is 10.1. The third kappa shape index (κ3) is 3.03. The van der Waals surface area contributed by atoms with E-state index in [1.165, 1.54) is 12.3 Å². The summed E-state index contributed by atoms with van der Waals surface area (Å²) >= 11 is 5.90. The molecule has 0 bridgehead atoms. The van der Waals surface area contributed by atoms with Crippen LogP contribution in [0, 0.1) is 0 Å². The van der Waals surface area contributed by atoms with E-state index in [4.69, 9.17) is 11.6 Å². The molecule has 3 rings (SSSR count). The van der Waals surface area contributed by atoms with Crippen LogP contribution in [0.4, 0.5) is 5.69 Å². The molecule has 24 heavy (non-hydrogen) atoms. The Kier molecular flexibility index (Phi) is 4.62. The fourth-order valence-corrected chi connectivity index (χ4v) is 2.76. The number of aromatic hydroxyl groups is 1. The van der Waals surface area contributed by atoms with Crippen molar-refractivity contribution >= 4 is 35.1 Å². The normalized spacial score (nSPS) is 15.5. The van der Waals surface area contributed by atoms with Crippen molar-refractivity contribution < 1.29 is 9.90 Å². The number of phenols is 1. The number of hydrogen-bond acceptors (Lipinski definition) is 4. The van der Waals surface area contributed by atoms with Crippen LogP contribution in [0.5, 0.6) is 5.75 Å². The quantitative estimate of drug-likeness (QED) is 0.681. The molecule has 2 aromatic rings. The highest BCUT2D eigenvalue weighted by atomic mass is 35.5. The van der Waals surface area contributed by atoms with E-state index in [-0.39, 0.29) is 11.7 Å². The van der Waals surface area contributed by atoms with Gasteiger partial charge in [0.2, 0.25) is 0 Å². The first-order valence-corrected chi connectivity index (χ1v) is 8.00. The van der Waals surface area contributed by atoms with Gasteiger partial charge in [0.1, 0.15) is 5.75 Å². The van der Waals surface area contributed by atoms with E-state index in [1.807, 2.05) is 31.2 Å². The zero-order valence-electron chi connectivity index (χ0n) is 13.1. The predicted molar refractivity (Wildman–Crippen MR) is 96.3 cm³/mol. The second-order valence-corrected chi connectivity index (χ2v) is 5.81. The van der Waals surface area contributed by atoms with Gasteiger partial charge in [-0.1, -0.05) is 36.7 Å². The average molecular weight is 342 g/mol. The molecule has 1 heterocycles. The highest BCUT2D eigenvalue weighted by molar-refractivity contribution is 6.54. The van der Waals surface area contributed by atoms with Gasteiger partial charge in [0.05, 0.1) is 11.9 Å². The molecule has 0 saturated heterocycles. The molecule has 1 aliphatic heterocycles. The van der Waals surface area contributed by atoms with Gasteiger partial charge in [-0.3, -0.25) is 4.79 Å². The molecule has 6 heteroatoms. The summed E-state index contributed by atoms with van der Waals surface area (Å²) in [7, 11) is 0. The number of hydrogen-bond donors (Lipinski definition) is 1. The van der Waals surface area contributed by atoms with Crippen molar-refractivity contribution in [1.29, 1.82) is 0 Å². The number of anilines is 1. The van der Waals surface area contributed by atoms with Gasteiger partial charge in [0, 0.05) is 22.7 Å². The van der Waals surface area contributed by atoms with Crippen LogP contribution in [-0.4, -0.2) is 29.5 Å². The molecule has 2 aromatic carbocycles. The van der Waals surface area contributed by atoms with Crippen molar-refractivity contribution in [1.82, 2.24) is 0 Å². The van der Waals surface area contributed by atoms with Crippen molar-refractivity contribution in [2.75, 3.05) is 11.4 Å². The Hall–Kier alpha value is -2.66. The Morgan fingerprint density at radius 2 is 2.04 bits per heavy atom. The molecule has 1 amide bonds. The van der Waals surface area contributed by atoms with Crippen LogP contribution < -0.4 is 4.90 Å². The number of halogens is 1. The molecular weight excluding hydrogens is 326 g/mol. The molecule has 5 nitrogen and oxygen atoms in total. The second kappa shape index (κ2) is 6.84. The molecule has 0 saturated carbocycles. The van der Waals surface area contributed by atoms with Crippen LogP contribution in [0.2, 0.25) is 5.02 Å². The average Bonchev–Trinajstić information content (AvgIpc) is 2.84. The summed E-state index contributed by atoms with van der Waals surface area (Å²) in [4.78, 5) is 14.3. The van der Waals surface area contributed by atoms with E-state index in [1.54, 1.807) is 17.0 Å². The number of carbonyl (C=O) groups is 1. The number of para-hydroxylation sites is 1. The van der Waals surface area contributed by atoms with E-state index in [9.17, 15) is 9.90 Å². The molecular formula is C18H16ClN3O2. The van der Waals surface area contributed by atoms with Crippen molar-refractivity contribution in [3.63, 3.8) is 0 Å². The van der Waals surface area contributed by atoms with Gasteiger partial charge >= 0.3 is 0 Å². The van der Waals surface area contributed by atoms with Gasteiger partial charge in [-0.15, -0.1) is 5.10 Å². The van der Waals surface area contributed by atoms with Crippen molar-refractivity contribution in [3.8, 4) is 5.75 Å². The minimum Gasteiger partial charge on any atom is -0.507 e. The Labute approximate surface area is 144 Å². The van der Waals surface area contributed by atoms with Crippen LogP contribution >= 0.6 is 11.6 Å². The molecule has 0 radical (unpaired) electrons. The number of benzene rings is 2. The monoisotopic (exact) mass is 341 g/mol. The lowest BCUT2D eigenvalue weighted by molar-refractivity contribution is -0.112. The van der Waals surface area contributed by atoms with E-state index in [0.717, 1.165) is 17.7 Å². The molecule has 1 aliphatic rings. The number of phenolic OH excluding ortho intramolecular Hbond substituents is 1. The number of amides is 1. The van der Waals surface area contributed by atoms with Crippen LogP contribution in [0.15, 0.2) is 52.7 Å². The summed E-state index contributed by atoms with van der Waals surface area (Å²) < 4.78 is 0. The summed E-state index contributed by atoms with van der Waals surface area (Å²) in [5.74, 6) is -0.111. The first kappa shape index (κ1) is 16.2. The zero-order chi connectivity index (χ0) is 17.1. The largest absolute Gasteiger partial charge is 0.507 e. The first-order valence-electron chi connectivity index (χ1n) is 7.62. The standard InChI is InChI=1S/C18H16ClN3O2/c1-2-9-22-15-6-4-3-5-14(15)17(18(22)24)21-20-11-12-10-13(19)7-8-16(12)23/h3-8,10-11,23H,2,9H2,1H3/b20-11+,21-17+. The third-order valence-electron chi connectivity index (χ3n) is 3.69. The number of carbonyl (C=O) groups excluding carboxylic acids is 1. The zero-order valence-corrected chi connectivity index (χ0v) is 13.9.